The van der Waals surface area contributed by atoms with Gasteiger partial charge in [-0.15, -0.1) is 0 Å². The van der Waals surface area contributed by atoms with Gasteiger partial charge >= 0.3 is 0 Å². The lowest BCUT2D eigenvalue weighted by Gasteiger charge is -2.08. The van der Waals surface area contributed by atoms with Crippen molar-refractivity contribution in [3.63, 3.8) is 0 Å². The Kier molecular flexibility index (Phi) is 3.31. The van der Waals surface area contributed by atoms with Crippen molar-refractivity contribution in [1.82, 2.24) is 9.97 Å². The van der Waals surface area contributed by atoms with Gasteiger partial charge in [0.15, 0.2) is 5.82 Å². The van der Waals surface area contributed by atoms with Crippen molar-refractivity contribution in [3.05, 3.63) is 40.0 Å². The summed E-state index contributed by atoms with van der Waals surface area (Å²) >= 11 is 12.2. The van der Waals surface area contributed by atoms with Gasteiger partial charge in [0.1, 0.15) is 5.82 Å². The Morgan fingerprint density at radius 1 is 1.16 bits per heavy atom. The van der Waals surface area contributed by atoms with Gasteiger partial charge < -0.3 is 5.43 Å². The first kappa shape index (κ1) is 12.7. The summed E-state index contributed by atoms with van der Waals surface area (Å²) in [7, 11) is 0. The van der Waals surface area contributed by atoms with Gasteiger partial charge in [-0.25, -0.2) is 15.8 Å². The zero-order valence-electron chi connectivity index (χ0n) is 10.0. The fourth-order valence-electron chi connectivity index (χ4n) is 1.92. The first-order chi connectivity index (χ1) is 9.17. The summed E-state index contributed by atoms with van der Waals surface area (Å²) in [6.07, 6.45) is 2.31. The molecule has 0 aliphatic heterocycles. The number of nitrogens with one attached hydrogen (secondary N) is 1. The topological polar surface area (TPSA) is 63.8 Å². The second-order valence-electron chi connectivity index (χ2n) is 4.54. The van der Waals surface area contributed by atoms with Crippen LogP contribution in [0.3, 0.4) is 0 Å². The molecule has 1 aliphatic carbocycles. The molecule has 1 aromatic carbocycles. The van der Waals surface area contributed by atoms with Crippen LogP contribution in [0.5, 0.6) is 0 Å². The third-order valence-corrected chi connectivity index (χ3v) is 3.62. The summed E-state index contributed by atoms with van der Waals surface area (Å²) < 4.78 is 0. The predicted octanol–water partition coefficient (Wildman–Crippen LogP) is 3.61. The highest BCUT2D eigenvalue weighted by atomic mass is 35.5. The average Bonchev–Trinajstić information content (AvgIpc) is 3.25. The van der Waals surface area contributed by atoms with Gasteiger partial charge in [0.2, 0.25) is 0 Å². The number of nitrogens with zero attached hydrogens (tertiary/aromatic N) is 2. The van der Waals surface area contributed by atoms with Gasteiger partial charge in [0, 0.05) is 28.3 Å². The van der Waals surface area contributed by atoms with E-state index in [1.165, 1.54) is 0 Å². The fourth-order valence-corrected chi connectivity index (χ4v) is 2.29. The summed E-state index contributed by atoms with van der Waals surface area (Å²) in [4.78, 5) is 8.91. The Morgan fingerprint density at radius 2 is 1.95 bits per heavy atom. The van der Waals surface area contributed by atoms with E-state index in [0.29, 0.717) is 33.2 Å². The molecule has 0 radical (unpaired) electrons. The number of hydrogen-bond acceptors (Lipinski definition) is 4. The first-order valence-electron chi connectivity index (χ1n) is 5.98. The molecule has 1 fully saturated rings. The molecule has 4 nitrogen and oxygen atoms in total. The van der Waals surface area contributed by atoms with Crippen LogP contribution in [0.2, 0.25) is 10.0 Å². The molecule has 0 amide bonds. The molecule has 3 rings (SSSR count). The van der Waals surface area contributed by atoms with E-state index in [0.717, 1.165) is 18.5 Å². The monoisotopic (exact) mass is 294 g/mol. The van der Waals surface area contributed by atoms with E-state index in [9.17, 15) is 0 Å². The minimum atomic E-state index is 0.506. The summed E-state index contributed by atoms with van der Waals surface area (Å²) in [5.74, 6) is 7.09. The van der Waals surface area contributed by atoms with Crippen LogP contribution in [0.4, 0.5) is 5.82 Å². The molecule has 0 unspecified atom stereocenters. The van der Waals surface area contributed by atoms with Crippen molar-refractivity contribution in [2.45, 2.75) is 18.8 Å². The number of hydrogen-bond donors (Lipinski definition) is 2. The number of benzene rings is 1. The highest BCUT2D eigenvalue weighted by Gasteiger charge is 2.26. The van der Waals surface area contributed by atoms with Crippen LogP contribution < -0.4 is 11.3 Å². The molecule has 1 saturated carbocycles. The number of nitrogens with two attached hydrogens (primary N) is 1. The fraction of sp³-hybridized carbons (Fsp3) is 0.231. The Hall–Kier alpha value is -1.36. The van der Waals surface area contributed by atoms with Crippen LogP contribution in [0, 0.1) is 0 Å². The molecule has 0 spiro atoms. The lowest BCUT2D eigenvalue weighted by Crippen LogP contribution is -2.10. The van der Waals surface area contributed by atoms with Gasteiger partial charge in [-0.05, 0) is 31.0 Å². The highest BCUT2D eigenvalue weighted by Crippen LogP contribution is 2.40. The zero-order valence-corrected chi connectivity index (χ0v) is 11.5. The Labute approximate surface area is 120 Å². The number of rotatable bonds is 3. The normalized spacial score (nSPS) is 14.5. The SMILES string of the molecule is NNc1cc(C2CC2)nc(-c2cc(Cl)ccc2Cl)n1. The van der Waals surface area contributed by atoms with Crippen LogP contribution in [0.15, 0.2) is 24.3 Å². The summed E-state index contributed by atoms with van der Waals surface area (Å²) in [5, 5.41) is 1.17. The maximum Gasteiger partial charge on any atom is 0.163 e. The van der Waals surface area contributed by atoms with E-state index in [-0.39, 0.29) is 0 Å². The standard InChI is InChI=1S/C13H12Cl2N4/c14-8-3-4-10(15)9(5-8)13-17-11(7-1-2-7)6-12(18-13)19-16/h3-7H,1-2,16H2,(H,17,18,19). The van der Waals surface area contributed by atoms with Crippen molar-refractivity contribution in [2.24, 2.45) is 5.84 Å². The van der Waals surface area contributed by atoms with Crippen LogP contribution in [-0.2, 0) is 0 Å². The van der Waals surface area contributed by atoms with E-state index in [1.807, 2.05) is 6.07 Å². The molecular weight excluding hydrogens is 283 g/mol. The number of hydrazine groups is 1. The molecule has 1 aliphatic rings. The molecule has 98 valence electrons. The minimum Gasteiger partial charge on any atom is -0.308 e. The Morgan fingerprint density at radius 3 is 2.63 bits per heavy atom. The molecule has 2 aromatic rings. The Bertz CT molecular complexity index is 626. The number of anilines is 1. The van der Waals surface area contributed by atoms with Crippen molar-refractivity contribution in [3.8, 4) is 11.4 Å². The van der Waals surface area contributed by atoms with Crippen molar-refractivity contribution >= 4 is 29.0 Å². The second-order valence-corrected chi connectivity index (χ2v) is 5.39. The lowest BCUT2D eigenvalue weighted by molar-refractivity contribution is 0.991. The molecule has 0 saturated heterocycles. The van der Waals surface area contributed by atoms with E-state index < -0.39 is 0 Å². The van der Waals surface area contributed by atoms with Crippen LogP contribution >= 0.6 is 23.2 Å². The minimum absolute atomic E-state index is 0.506. The van der Waals surface area contributed by atoms with Gasteiger partial charge in [-0.1, -0.05) is 23.2 Å². The molecule has 0 bridgehead atoms. The van der Waals surface area contributed by atoms with Gasteiger partial charge in [-0.2, -0.15) is 0 Å². The van der Waals surface area contributed by atoms with Gasteiger partial charge in [0.05, 0.1) is 5.02 Å². The van der Waals surface area contributed by atoms with E-state index in [4.69, 9.17) is 29.0 Å². The molecule has 1 aromatic heterocycles. The Balaban J connectivity index is 2.12. The van der Waals surface area contributed by atoms with Gasteiger partial charge in [0.25, 0.3) is 0 Å². The van der Waals surface area contributed by atoms with Crippen LogP contribution in [0.1, 0.15) is 24.5 Å². The third-order valence-electron chi connectivity index (χ3n) is 3.06. The zero-order chi connectivity index (χ0) is 13.4. The summed E-state index contributed by atoms with van der Waals surface area (Å²) in [5.41, 5.74) is 4.28. The van der Waals surface area contributed by atoms with E-state index in [1.54, 1.807) is 18.2 Å². The van der Waals surface area contributed by atoms with Crippen LogP contribution in [0.25, 0.3) is 11.4 Å². The highest BCUT2D eigenvalue weighted by molar-refractivity contribution is 6.35. The molecule has 0 atom stereocenters. The number of aromatic nitrogens is 2. The smallest absolute Gasteiger partial charge is 0.163 e. The molecule has 1 heterocycles. The lowest BCUT2D eigenvalue weighted by atomic mass is 10.2. The summed E-state index contributed by atoms with van der Waals surface area (Å²) in [6, 6.07) is 7.11. The maximum atomic E-state index is 6.18. The molecule has 6 heteroatoms. The van der Waals surface area contributed by atoms with E-state index in [2.05, 4.69) is 15.4 Å². The largest absolute Gasteiger partial charge is 0.308 e. The van der Waals surface area contributed by atoms with E-state index >= 15 is 0 Å². The van der Waals surface area contributed by atoms with Crippen LogP contribution in [-0.4, -0.2) is 9.97 Å². The average molecular weight is 295 g/mol. The maximum absolute atomic E-state index is 6.18. The first-order valence-corrected chi connectivity index (χ1v) is 6.74. The quantitative estimate of drug-likeness (QED) is 0.670. The van der Waals surface area contributed by atoms with Crippen molar-refractivity contribution in [1.29, 1.82) is 0 Å². The second kappa shape index (κ2) is 4.96. The third kappa shape index (κ3) is 2.66. The molecule has 19 heavy (non-hydrogen) atoms. The summed E-state index contributed by atoms with van der Waals surface area (Å²) in [6.45, 7) is 0. The van der Waals surface area contributed by atoms with Gasteiger partial charge in [-0.3, -0.25) is 0 Å². The molecular formula is C13H12Cl2N4. The molecule has 3 N–H and O–H groups in total. The number of nitrogen functional groups attached to an aromatic ring is 1. The van der Waals surface area contributed by atoms with Crippen molar-refractivity contribution in [2.75, 3.05) is 5.43 Å². The van der Waals surface area contributed by atoms with Crippen molar-refractivity contribution < 1.29 is 0 Å². The number of halogens is 2. The predicted molar refractivity (Wildman–Crippen MR) is 77.3 cm³/mol.